The molecule has 0 saturated carbocycles. The molecular formula is C21H28N2O6S. The van der Waals surface area contributed by atoms with Gasteiger partial charge in [-0.1, -0.05) is 0 Å². The Morgan fingerprint density at radius 1 is 0.900 bits per heavy atom. The lowest BCUT2D eigenvalue weighted by atomic mass is 10.3. The standard InChI is InChI=1S/C21H28N2O6S/c1-23(2)30(25,26)20-12-10-19(11-13-20)29-16-14-22-21(24)5-4-15-28-18-8-6-17(27-3)7-9-18/h6-13H,4-5,14-16H2,1-3H3,(H,22,24). The average Bonchev–Trinajstić information content (AvgIpc) is 2.75. The molecule has 0 radical (unpaired) electrons. The van der Waals surface area contributed by atoms with Gasteiger partial charge in [0.15, 0.2) is 0 Å². The van der Waals surface area contributed by atoms with Gasteiger partial charge in [0.1, 0.15) is 23.9 Å². The Bertz CT molecular complexity index is 896. The van der Waals surface area contributed by atoms with Crippen LogP contribution in [0.3, 0.4) is 0 Å². The first-order valence-electron chi connectivity index (χ1n) is 9.52. The van der Waals surface area contributed by atoms with Gasteiger partial charge in [-0.25, -0.2) is 12.7 Å². The van der Waals surface area contributed by atoms with Crippen LogP contribution < -0.4 is 19.5 Å². The first-order valence-corrected chi connectivity index (χ1v) is 11.0. The summed E-state index contributed by atoms with van der Waals surface area (Å²) < 4.78 is 41.4. The molecule has 8 nitrogen and oxygen atoms in total. The fourth-order valence-corrected chi connectivity index (χ4v) is 3.36. The van der Waals surface area contributed by atoms with Crippen molar-refractivity contribution in [3.63, 3.8) is 0 Å². The highest BCUT2D eigenvalue weighted by Crippen LogP contribution is 2.18. The average molecular weight is 437 g/mol. The van der Waals surface area contributed by atoms with Crippen molar-refractivity contribution >= 4 is 15.9 Å². The van der Waals surface area contributed by atoms with E-state index in [2.05, 4.69) is 5.32 Å². The van der Waals surface area contributed by atoms with Crippen molar-refractivity contribution in [3.05, 3.63) is 48.5 Å². The summed E-state index contributed by atoms with van der Waals surface area (Å²) in [6.07, 6.45) is 0.952. The number of nitrogens with zero attached hydrogens (tertiary/aromatic N) is 1. The monoisotopic (exact) mass is 436 g/mol. The lowest BCUT2D eigenvalue weighted by molar-refractivity contribution is -0.121. The quantitative estimate of drug-likeness (QED) is 0.513. The van der Waals surface area contributed by atoms with Gasteiger partial charge in [0.2, 0.25) is 15.9 Å². The molecule has 0 atom stereocenters. The molecular weight excluding hydrogens is 408 g/mol. The fourth-order valence-electron chi connectivity index (χ4n) is 2.46. The highest BCUT2D eigenvalue weighted by Gasteiger charge is 2.16. The van der Waals surface area contributed by atoms with Crippen molar-refractivity contribution < 1.29 is 27.4 Å². The summed E-state index contributed by atoms with van der Waals surface area (Å²) in [5, 5.41) is 2.78. The highest BCUT2D eigenvalue weighted by molar-refractivity contribution is 7.89. The molecule has 0 heterocycles. The Kier molecular flexibility index (Phi) is 8.94. The number of hydrogen-bond acceptors (Lipinski definition) is 6. The maximum atomic E-state index is 12.0. The normalized spacial score (nSPS) is 11.2. The minimum Gasteiger partial charge on any atom is -0.497 e. The summed E-state index contributed by atoms with van der Waals surface area (Å²) in [6.45, 7) is 1.09. The molecule has 0 unspecified atom stereocenters. The van der Waals surface area contributed by atoms with Gasteiger partial charge >= 0.3 is 0 Å². The van der Waals surface area contributed by atoms with Crippen LogP contribution in [-0.4, -0.2) is 59.6 Å². The third-order valence-corrected chi connectivity index (χ3v) is 6.00. The Labute approximate surface area is 177 Å². The first kappa shape index (κ1) is 23.5. The van der Waals surface area contributed by atoms with Crippen molar-refractivity contribution in [1.29, 1.82) is 0 Å². The Morgan fingerprint density at radius 2 is 1.43 bits per heavy atom. The molecule has 0 aromatic heterocycles. The number of amides is 1. The van der Waals surface area contributed by atoms with E-state index in [0.29, 0.717) is 31.7 Å². The molecule has 9 heteroatoms. The van der Waals surface area contributed by atoms with E-state index in [1.165, 1.54) is 26.2 Å². The summed E-state index contributed by atoms with van der Waals surface area (Å²) >= 11 is 0. The number of ether oxygens (including phenoxy) is 3. The SMILES string of the molecule is COc1ccc(OCCCC(=O)NCCOc2ccc(S(=O)(=O)N(C)C)cc2)cc1. The number of carbonyl (C=O) groups excluding carboxylic acids is 1. The van der Waals surface area contributed by atoms with Crippen molar-refractivity contribution in [3.8, 4) is 17.2 Å². The van der Waals surface area contributed by atoms with Crippen molar-refractivity contribution in [2.75, 3.05) is 41.0 Å². The largest absolute Gasteiger partial charge is 0.497 e. The van der Waals surface area contributed by atoms with E-state index in [1.807, 2.05) is 24.3 Å². The zero-order valence-electron chi connectivity index (χ0n) is 17.5. The number of sulfonamides is 1. The molecule has 2 aromatic rings. The minimum atomic E-state index is -3.46. The molecule has 2 aromatic carbocycles. The molecule has 0 bridgehead atoms. The third-order valence-electron chi connectivity index (χ3n) is 4.17. The molecule has 2 rings (SSSR count). The van der Waals surface area contributed by atoms with E-state index in [1.54, 1.807) is 19.2 Å². The second-order valence-corrected chi connectivity index (χ2v) is 8.74. The second-order valence-electron chi connectivity index (χ2n) is 6.58. The number of hydrogen-bond donors (Lipinski definition) is 1. The molecule has 30 heavy (non-hydrogen) atoms. The smallest absolute Gasteiger partial charge is 0.242 e. The lowest BCUT2D eigenvalue weighted by Crippen LogP contribution is -2.28. The number of nitrogens with one attached hydrogen (secondary N) is 1. The Morgan fingerprint density at radius 3 is 2.00 bits per heavy atom. The van der Waals surface area contributed by atoms with E-state index in [0.717, 1.165) is 15.8 Å². The highest BCUT2D eigenvalue weighted by atomic mass is 32.2. The minimum absolute atomic E-state index is 0.0793. The molecule has 1 amide bonds. The van der Waals surface area contributed by atoms with Crippen LogP contribution in [0.1, 0.15) is 12.8 Å². The summed E-state index contributed by atoms with van der Waals surface area (Å²) in [6, 6.07) is 13.4. The van der Waals surface area contributed by atoms with Gasteiger partial charge in [0, 0.05) is 20.5 Å². The summed E-state index contributed by atoms with van der Waals surface area (Å²) in [5.74, 6) is 1.95. The molecule has 0 fully saturated rings. The van der Waals surface area contributed by atoms with Gasteiger partial charge in [-0.15, -0.1) is 0 Å². The maximum absolute atomic E-state index is 12.0. The molecule has 0 aliphatic rings. The van der Waals surface area contributed by atoms with Crippen molar-refractivity contribution in [1.82, 2.24) is 9.62 Å². The van der Waals surface area contributed by atoms with E-state index < -0.39 is 10.0 Å². The van der Waals surface area contributed by atoms with Gasteiger partial charge in [0.05, 0.1) is 25.2 Å². The van der Waals surface area contributed by atoms with E-state index in [-0.39, 0.29) is 17.4 Å². The van der Waals surface area contributed by atoms with Gasteiger partial charge < -0.3 is 19.5 Å². The maximum Gasteiger partial charge on any atom is 0.242 e. The number of carbonyl (C=O) groups is 1. The molecule has 164 valence electrons. The van der Waals surface area contributed by atoms with E-state index in [9.17, 15) is 13.2 Å². The van der Waals surface area contributed by atoms with E-state index in [4.69, 9.17) is 14.2 Å². The van der Waals surface area contributed by atoms with Crippen LogP contribution in [0.15, 0.2) is 53.4 Å². The van der Waals surface area contributed by atoms with Crippen molar-refractivity contribution in [2.24, 2.45) is 0 Å². The van der Waals surface area contributed by atoms with Gasteiger partial charge in [-0.05, 0) is 55.0 Å². The summed E-state index contributed by atoms with van der Waals surface area (Å²) in [5.41, 5.74) is 0. The first-order chi connectivity index (χ1) is 14.3. The lowest BCUT2D eigenvalue weighted by Gasteiger charge is -2.12. The van der Waals surface area contributed by atoms with E-state index >= 15 is 0 Å². The third kappa shape index (κ3) is 7.23. The predicted molar refractivity (Wildman–Crippen MR) is 114 cm³/mol. The zero-order chi connectivity index (χ0) is 22.0. The molecule has 0 aliphatic heterocycles. The van der Waals surface area contributed by atoms with Gasteiger partial charge in [-0.2, -0.15) is 0 Å². The van der Waals surface area contributed by atoms with Gasteiger partial charge in [0.25, 0.3) is 0 Å². The summed E-state index contributed by atoms with van der Waals surface area (Å²) in [4.78, 5) is 12.1. The van der Waals surface area contributed by atoms with Crippen LogP contribution in [0.25, 0.3) is 0 Å². The number of methoxy groups -OCH3 is 1. The van der Waals surface area contributed by atoms with Crippen LogP contribution in [0.2, 0.25) is 0 Å². The summed E-state index contributed by atoms with van der Waals surface area (Å²) in [7, 11) is 1.11. The molecule has 0 saturated heterocycles. The second kappa shape index (κ2) is 11.4. The van der Waals surface area contributed by atoms with Gasteiger partial charge in [-0.3, -0.25) is 4.79 Å². The number of rotatable bonds is 12. The van der Waals surface area contributed by atoms with Crippen LogP contribution in [-0.2, 0) is 14.8 Å². The Balaban J connectivity index is 1.60. The fraction of sp³-hybridized carbons (Fsp3) is 0.381. The van der Waals surface area contributed by atoms with Crippen molar-refractivity contribution in [2.45, 2.75) is 17.7 Å². The molecule has 0 spiro atoms. The van der Waals surface area contributed by atoms with Crippen LogP contribution in [0, 0.1) is 0 Å². The topological polar surface area (TPSA) is 94.2 Å². The Hall–Kier alpha value is -2.78. The van der Waals surface area contributed by atoms with Crippen LogP contribution in [0.4, 0.5) is 0 Å². The zero-order valence-corrected chi connectivity index (χ0v) is 18.3. The number of benzene rings is 2. The van der Waals surface area contributed by atoms with Crippen LogP contribution >= 0.6 is 0 Å². The molecule has 1 N–H and O–H groups in total. The predicted octanol–water partition coefficient (Wildman–Crippen LogP) is 2.30. The van der Waals surface area contributed by atoms with Crippen LogP contribution in [0.5, 0.6) is 17.2 Å². The molecule has 0 aliphatic carbocycles.